The fourth-order valence-corrected chi connectivity index (χ4v) is 2.77. The molecule has 0 spiro atoms. The molecule has 4 aromatic rings. The van der Waals surface area contributed by atoms with E-state index in [0.717, 1.165) is 0 Å². The Morgan fingerprint density at radius 2 is 1.92 bits per heavy atom. The lowest BCUT2D eigenvalue weighted by Gasteiger charge is -2.06. The van der Waals surface area contributed by atoms with Crippen LogP contribution in [-0.4, -0.2) is 19.9 Å². The predicted octanol–water partition coefficient (Wildman–Crippen LogP) is 2.58. The van der Waals surface area contributed by atoms with Gasteiger partial charge in [-0.15, -0.1) is 0 Å². The van der Waals surface area contributed by atoms with E-state index in [9.17, 15) is 14.0 Å². The second-order valence-electron chi connectivity index (χ2n) is 5.63. The van der Waals surface area contributed by atoms with Crippen molar-refractivity contribution in [1.82, 2.24) is 14.0 Å². The Balaban J connectivity index is 1.82. The van der Waals surface area contributed by atoms with Crippen molar-refractivity contribution < 1.29 is 9.18 Å². The van der Waals surface area contributed by atoms with Crippen LogP contribution in [0.5, 0.6) is 0 Å². The number of aromatic nitrogens is 3. The lowest BCUT2D eigenvalue weighted by molar-refractivity contribution is 0.101. The van der Waals surface area contributed by atoms with Gasteiger partial charge < -0.3 is 9.88 Å². The molecule has 7 heteroatoms. The molecule has 1 amide bonds. The lowest BCUT2D eigenvalue weighted by atomic mass is 10.3. The molecule has 1 N–H and O–H groups in total. The fourth-order valence-electron chi connectivity index (χ4n) is 2.77. The van der Waals surface area contributed by atoms with Crippen LogP contribution in [0.25, 0.3) is 16.7 Å². The number of benzene rings is 1. The molecule has 6 nitrogen and oxygen atoms in total. The predicted molar refractivity (Wildman–Crippen MR) is 92.3 cm³/mol. The number of halogens is 1. The van der Waals surface area contributed by atoms with Gasteiger partial charge in [0.25, 0.3) is 11.5 Å². The molecule has 0 aliphatic carbocycles. The molecular formula is C18H13FN4O2. The average Bonchev–Trinajstić information content (AvgIpc) is 2.95. The van der Waals surface area contributed by atoms with Gasteiger partial charge in [0.1, 0.15) is 22.8 Å². The number of anilines is 1. The first-order valence-electron chi connectivity index (χ1n) is 7.58. The summed E-state index contributed by atoms with van der Waals surface area (Å²) in [4.78, 5) is 29.6. The molecule has 3 aromatic heterocycles. The summed E-state index contributed by atoms with van der Waals surface area (Å²) in [5.41, 5.74) is 1.45. The molecule has 124 valence electrons. The van der Waals surface area contributed by atoms with Gasteiger partial charge in [0.15, 0.2) is 0 Å². The van der Waals surface area contributed by atoms with Gasteiger partial charge in [0.05, 0.1) is 5.39 Å². The molecule has 0 saturated heterocycles. The molecule has 0 aliphatic rings. The molecule has 0 bridgehead atoms. The number of amides is 1. The second-order valence-corrected chi connectivity index (χ2v) is 5.63. The Bertz CT molecular complexity index is 1180. The van der Waals surface area contributed by atoms with E-state index in [1.54, 1.807) is 36.0 Å². The zero-order valence-electron chi connectivity index (χ0n) is 13.2. The quantitative estimate of drug-likeness (QED) is 0.612. The number of fused-ring (bicyclic) bond motifs is 2. The van der Waals surface area contributed by atoms with Crippen molar-refractivity contribution in [2.24, 2.45) is 7.05 Å². The van der Waals surface area contributed by atoms with Gasteiger partial charge in [-0.05, 0) is 42.5 Å². The van der Waals surface area contributed by atoms with Crippen LogP contribution in [0.2, 0.25) is 0 Å². The van der Waals surface area contributed by atoms with Crippen LogP contribution in [0.1, 0.15) is 10.5 Å². The van der Waals surface area contributed by atoms with E-state index < -0.39 is 5.91 Å². The molecular weight excluding hydrogens is 323 g/mol. The number of hydrogen-bond acceptors (Lipinski definition) is 3. The lowest BCUT2D eigenvalue weighted by Crippen LogP contribution is -2.16. The highest BCUT2D eigenvalue weighted by Gasteiger charge is 2.17. The highest BCUT2D eigenvalue weighted by atomic mass is 19.1. The van der Waals surface area contributed by atoms with Crippen molar-refractivity contribution in [1.29, 1.82) is 0 Å². The van der Waals surface area contributed by atoms with Crippen molar-refractivity contribution in [2.75, 3.05) is 5.32 Å². The molecule has 4 rings (SSSR count). The molecule has 0 unspecified atom stereocenters. The first-order chi connectivity index (χ1) is 12.0. The van der Waals surface area contributed by atoms with Crippen LogP contribution in [0.4, 0.5) is 10.1 Å². The van der Waals surface area contributed by atoms with Crippen molar-refractivity contribution in [3.8, 4) is 0 Å². The van der Waals surface area contributed by atoms with Gasteiger partial charge in [0, 0.05) is 18.9 Å². The van der Waals surface area contributed by atoms with Gasteiger partial charge in [-0.25, -0.2) is 9.37 Å². The summed E-state index contributed by atoms with van der Waals surface area (Å²) in [6, 6.07) is 12.2. The van der Waals surface area contributed by atoms with Crippen molar-refractivity contribution in [3.05, 3.63) is 76.6 Å². The van der Waals surface area contributed by atoms with E-state index in [2.05, 4.69) is 10.3 Å². The number of nitrogens with one attached hydrogen (secondary N) is 1. The van der Waals surface area contributed by atoms with Crippen LogP contribution in [0.15, 0.2) is 59.5 Å². The highest BCUT2D eigenvalue weighted by Crippen LogP contribution is 2.17. The number of rotatable bonds is 2. The van der Waals surface area contributed by atoms with Gasteiger partial charge in [-0.1, -0.05) is 6.07 Å². The van der Waals surface area contributed by atoms with Crippen molar-refractivity contribution in [2.45, 2.75) is 0 Å². The van der Waals surface area contributed by atoms with Crippen LogP contribution in [-0.2, 0) is 7.05 Å². The summed E-state index contributed by atoms with van der Waals surface area (Å²) in [7, 11) is 1.67. The van der Waals surface area contributed by atoms with Gasteiger partial charge in [-0.2, -0.15) is 0 Å². The summed E-state index contributed by atoms with van der Waals surface area (Å²) in [5, 5.41) is 3.04. The third kappa shape index (κ3) is 2.46. The standard InChI is InChI=1S/C18H13FN4O2/c1-22-14(17(24)20-12-7-5-11(19)6-8-12)10-13-16(22)21-15-4-2-3-9-23(15)18(13)25/h2-10H,1H3,(H,20,24). The van der Waals surface area contributed by atoms with E-state index >= 15 is 0 Å². The number of carbonyl (C=O) groups is 1. The van der Waals surface area contributed by atoms with Crippen LogP contribution >= 0.6 is 0 Å². The van der Waals surface area contributed by atoms with Gasteiger partial charge >= 0.3 is 0 Å². The number of aryl methyl sites for hydroxylation is 1. The molecule has 3 heterocycles. The van der Waals surface area contributed by atoms with Gasteiger partial charge in [0.2, 0.25) is 0 Å². The van der Waals surface area contributed by atoms with Crippen molar-refractivity contribution >= 4 is 28.3 Å². The minimum Gasteiger partial charge on any atom is -0.324 e. The molecule has 0 aliphatic heterocycles. The Kier molecular flexibility index (Phi) is 3.35. The molecule has 0 atom stereocenters. The maximum Gasteiger partial charge on any atom is 0.272 e. The van der Waals surface area contributed by atoms with E-state index in [1.807, 2.05) is 0 Å². The Morgan fingerprint density at radius 1 is 1.16 bits per heavy atom. The maximum atomic E-state index is 13.0. The van der Waals surface area contributed by atoms with E-state index in [4.69, 9.17) is 0 Å². The van der Waals surface area contributed by atoms with Crippen LogP contribution in [0.3, 0.4) is 0 Å². The zero-order valence-corrected chi connectivity index (χ0v) is 13.2. The van der Waals surface area contributed by atoms with Crippen LogP contribution in [0, 0.1) is 5.82 Å². The highest BCUT2D eigenvalue weighted by molar-refractivity contribution is 6.06. The Morgan fingerprint density at radius 3 is 2.68 bits per heavy atom. The minimum atomic E-state index is -0.402. The van der Waals surface area contributed by atoms with E-state index in [-0.39, 0.29) is 11.4 Å². The second kappa shape index (κ2) is 5.55. The summed E-state index contributed by atoms with van der Waals surface area (Å²) < 4.78 is 16.0. The topological polar surface area (TPSA) is 68.4 Å². The zero-order chi connectivity index (χ0) is 17.6. The first-order valence-corrected chi connectivity index (χ1v) is 7.58. The van der Waals surface area contributed by atoms with Crippen molar-refractivity contribution in [3.63, 3.8) is 0 Å². The smallest absolute Gasteiger partial charge is 0.272 e. The number of pyridine rings is 1. The normalized spacial score (nSPS) is 11.1. The number of carbonyl (C=O) groups excluding carboxylic acids is 1. The molecule has 1 aromatic carbocycles. The number of hydrogen-bond donors (Lipinski definition) is 1. The monoisotopic (exact) mass is 336 g/mol. The third-order valence-electron chi connectivity index (χ3n) is 4.04. The summed E-state index contributed by atoms with van der Waals surface area (Å²) in [6.45, 7) is 0. The van der Waals surface area contributed by atoms with E-state index in [1.165, 1.54) is 34.7 Å². The summed E-state index contributed by atoms with van der Waals surface area (Å²) >= 11 is 0. The van der Waals surface area contributed by atoms with E-state index in [0.29, 0.717) is 28.1 Å². The molecule has 0 saturated carbocycles. The maximum absolute atomic E-state index is 13.0. The average molecular weight is 336 g/mol. The summed E-state index contributed by atoms with van der Waals surface area (Å²) in [6.07, 6.45) is 1.63. The molecule has 0 radical (unpaired) electrons. The Hall–Kier alpha value is -3.48. The molecule has 0 fully saturated rings. The Labute approximate surface area is 141 Å². The molecule has 25 heavy (non-hydrogen) atoms. The number of nitrogens with zero attached hydrogens (tertiary/aromatic N) is 3. The fraction of sp³-hybridized carbons (Fsp3) is 0.0556. The van der Waals surface area contributed by atoms with Crippen LogP contribution < -0.4 is 10.9 Å². The third-order valence-corrected chi connectivity index (χ3v) is 4.04. The first kappa shape index (κ1) is 15.1. The largest absolute Gasteiger partial charge is 0.324 e. The van der Waals surface area contributed by atoms with Gasteiger partial charge in [-0.3, -0.25) is 14.0 Å². The minimum absolute atomic E-state index is 0.239. The SMILES string of the molecule is Cn1c(C(=O)Nc2ccc(F)cc2)cc2c(=O)n3ccccc3nc21. The summed E-state index contributed by atoms with van der Waals surface area (Å²) in [5.74, 6) is -0.785.